The van der Waals surface area contributed by atoms with Crippen LogP contribution in [0.25, 0.3) is 0 Å². The highest BCUT2D eigenvalue weighted by Gasteiger charge is 2.24. The van der Waals surface area contributed by atoms with Crippen LogP contribution in [0.3, 0.4) is 0 Å². The molecule has 1 heterocycles. The summed E-state index contributed by atoms with van der Waals surface area (Å²) >= 11 is 0. The van der Waals surface area contributed by atoms with Crippen molar-refractivity contribution < 1.29 is 17.7 Å². The average molecular weight is 334 g/mol. The van der Waals surface area contributed by atoms with Gasteiger partial charge in [-0.3, -0.25) is 4.79 Å². The zero-order chi connectivity index (χ0) is 17.0. The van der Waals surface area contributed by atoms with Crippen LogP contribution in [0.15, 0.2) is 34.9 Å². The minimum atomic E-state index is -3.72. The van der Waals surface area contributed by atoms with Crippen molar-refractivity contribution in [2.45, 2.75) is 6.92 Å². The Morgan fingerprint density at radius 2 is 2.13 bits per heavy atom. The van der Waals surface area contributed by atoms with Gasteiger partial charge >= 0.3 is 0 Å². The summed E-state index contributed by atoms with van der Waals surface area (Å²) < 4.78 is 29.4. The number of hydrogen-bond acceptors (Lipinski definition) is 6. The number of sulfonamides is 1. The molecule has 2 aromatic rings. The van der Waals surface area contributed by atoms with Crippen LogP contribution in [0, 0.1) is 18.3 Å². The Morgan fingerprint density at radius 3 is 2.70 bits per heavy atom. The highest BCUT2D eigenvalue weighted by atomic mass is 32.2. The molecule has 23 heavy (non-hydrogen) atoms. The Balaban J connectivity index is 2.21. The fraction of sp³-hybridized carbons (Fsp3) is 0.214. The van der Waals surface area contributed by atoms with Gasteiger partial charge in [-0.2, -0.15) is 5.26 Å². The molecule has 9 heteroatoms. The van der Waals surface area contributed by atoms with Crippen LogP contribution in [0.2, 0.25) is 0 Å². The maximum atomic E-state index is 12.1. The molecule has 0 aliphatic heterocycles. The summed E-state index contributed by atoms with van der Waals surface area (Å²) in [6, 6.07) is 9.78. The standard InChI is InChI=1S/C14H14N4O4S/c1-10-7-13(17-22-10)18(23(2,20)21)9-14(19)16-12-6-4-3-5-11(12)8-15/h3-7H,9H2,1-2H3,(H,16,19). The lowest BCUT2D eigenvalue weighted by Crippen LogP contribution is -2.37. The van der Waals surface area contributed by atoms with Crippen molar-refractivity contribution in [2.75, 3.05) is 22.4 Å². The number of carbonyl (C=O) groups excluding carboxylic acids is 1. The van der Waals surface area contributed by atoms with Crippen molar-refractivity contribution in [1.82, 2.24) is 5.16 Å². The van der Waals surface area contributed by atoms with Gasteiger partial charge in [-0.05, 0) is 19.1 Å². The molecule has 8 nitrogen and oxygen atoms in total. The van der Waals surface area contributed by atoms with Crippen molar-refractivity contribution in [1.29, 1.82) is 5.26 Å². The van der Waals surface area contributed by atoms with Crippen LogP contribution < -0.4 is 9.62 Å². The van der Waals surface area contributed by atoms with E-state index >= 15 is 0 Å². The molecular formula is C14H14N4O4S. The normalized spacial score (nSPS) is 10.8. The molecule has 0 spiro atoms. The summed E-state index contributed by atoms with van der Waals surface area (Å²) in [6.45, 7) is 1.13. The lowest BCUT2D eigenvalue weighted by atomic mass is 10.2. The molecule has 120 valence electrons. The molecule has 0 aliphatic rings. The first-order chi connectivity index (χ1) is 10.8. The Hall–Kier alpha value is -2.86. The molecule has 0 bridgehead atoms. The van der Waals surface area contributed by atoms with Crippen molar-refractivity contribution >= 4 is 27.4 Å². The minimum Gasteiger partial charge on any atom is -0.360 e. The summed E-state index contributed by atoms with van der Waals surface area (Å²) in [7, 11) is -3.72. The minimum absolute atomic E-state index is 0.0220. The number of hydrogen-bond donors (Lipinski definition) is 1. The number of aryl methyl sites for hydroxylation is 1. The molecule has 0 atom stereocenters. The molecule has 0 saturated heterocycles. The third kappa shape index (κ3) is 4.08. The third-order valence-corrected chi connectivity index (χ3v) is 4.00. The fourth-order valence-corrected chi connectivity index (χ4v) is 2.63. The van der Waals surface area contributed by atoms with Crippen LogP contribution in [-0.4, -0.2) is 32.3 Å². The maximum Gasteiger partial charge on any atom is 0.245 e. The van der Waals surface area contributed by atoms with Crippen LogP contribution in [-0.2, 0) is 14.8 Å². The molecule has 1 aromatic heterocycles. The predicted octanol–water partition coefficient (Wildman–Crippen LogP) is 1.26. The number of nitriles is 1. The van der Waals surface area contributed by atoms with E-state index in [9.17, 15) is 13.2 Å². The lowest BCUT2D eigenvalue weighted by Gasteiger charge is -2.18. The maximum absolute atomic E-state index is 12.1. The van der Waals surface area contributed by atoms with Gasteiger partial charge in [0.2, 0.25) is 15.9 Å². The molecule has 0 unspecified atom stereocenters. The highest BCUT2D eigenvalue weighted by molar-refractivity contribution is 7.92. The van der Waals surface area contributed by atoms with E-state index in [0.29, 0.717) is 11.4 Å². The second-order valence-corrected chi connectivity index (χ2v) is 6.68. The Kier molecular flexibility index (Phi) is 4.66. The third-order valence-electron chi connectivity index (χ3n) is 2.88. The number of carbonyl (C=O) groups is 1. The zero-order valence-electron chi connectivity index (χ0n) is 12.5. The molecule has 2 rings (SSSR count). The van der Waals surface area contributed by atoms with Crippen molar-refractivity contribution in [3.63, 3.8) is 0 Å². The van der Waals surface area contributed by atoms with Gasteiger partial charge in [0.1, 0.15) is 18.4 Å². The molecule has 0 saturated carbocycles. The van der Waals surface area contributed by atoms with E-state index in [1.54, 1.807) is 31.2 Å². The number of nitrogens with zero attached hydrogens (tertiary/aromatic N) is 3. The Morgan fingerprint density at radius 1 is 1.43 bits per heavy atom. The second-order valence-electron chi connectivity index (χ2n) is 4.77. The first-order valence-corrected chi connectivity index (χ1v) is 8.36. The van der Waals surface area contributed by atoms with Crippen molar-refractivity contribution in [3.8, 4) is 6.07 Å². The van der Waals surface area contributed by atoms with E-state index in [0.717, 1.165) is 10.6 Å². The number of rotatable bonds is 5. The zero-order valence-corrected chi connectivity index (χ0v) is 13.3. The number of aromatic nitrogens is 1. The van der Waals surface area contributed by atoms with Gasteiger partial charge in [0.25, 0.3) is 0 Å². The highest BCUT2D eigenvalue weighted by Crippen LogP contribution is 2.18. The van der Waals surface area contributed by atoms with E-state index in [1.165, 1.54) is 6.07 Å². The number of amides is 1. The van der Waals surface area contributed by atoms with Gasteiger partial charge in [0, 0.05) is 6.07 Å². The molecule has 1 aromatic carbocycles. The van der Waals surface area contributed by atoms with Gasteiger partial charge in [0.15, 0.2) is 5.82 Å². The van der Waals surface area contributed by atoms with Gasteiger partial charge in [0.05, 0.1) is 17.5 Å². The first-order valence-electron chi connectivity index (χ1n) is 6.51. The Bertz CT molecular complexity index is 867. The van der Waals surface area contributed by atoms with Gasteiger partial charge in [-0.15, -0.1) is 0 Å². The van der Waals surface area contributed by atoms with Gasteiger partial charge in [-0.1, -0.05) is 17.3 Å². The summed E-state index contributed by atoms with van der Waals surface area (Å²) in [5, 5.41) is 15.1. The summed E-state index contributed by atoms with van der Waals surface area (Å²) in [5.74, 6) is -0.156. The molecule has 0 aliphatic carbocycles. The van der Waals surface area contributed by atoms with E-state index in [1.807, 2.05) is 6.07 Å². The van der Waals surface area contributed by atoms with Crippen molar-refractivity contribution in [2.24, 2.45) is 0 Å². The summed E-state index contributed by atoms with van der Waals surface area (Å²) in [4.78, 5) is 12.1. The smallest absolute Gasteiger partial charge is 0.245 e. The summed E-state index contributed by atoms with van der Waals surface area (Å²) in [6.07, 6.45) is 0.966. The van der Waals surface area contributed by atoms with Gasteiger partial charge in [-0.25, -0.2) is 12.7 Å². The Labute approximate surface area is 133 Å². The van der Waals surface area contributed by atoms with Crippen LogP contribution in [0.5, 0.6) is 0 Å². The monoisotopic (exact) mass is 334 g/mol. The topological polar surface area (TPSA) is 116 Å². The van der Waals surface area contributed by atoms with Gasteiger partial charge < -0.3 is 9.84 Å². The van der Waals surface area contributed by atoms with Crippen LogP contribution in [0.1, 0.15) is 11.3 Å². The van der Waals surface area contributed by atoms with E-state index in [-0.39, 0.29) is 11.4 Å². The molecule has 1 amide bonds. The van der Waals surface area contributed by atoms with E-state index in [2.05, 4.69) is 10.5 Å². The largest absolute Gasteiger partial charge is 0.360 e. The molecular weight excluding hydrogens is 320 g/mol. The van der Waals surface area contributed by atoms with Crippen LogP contribution in [0.4, 0.5) is 11.5 Å². The predicted molar refractivity (Wildman–Crippen MR) is 83.2 cm³/mol. The van der Waals surface area contributed by atoms with E-state index < -0.39 is 22.5 Å². The van der Waals surface area contributed by atoms with E-state index in [4.69, 9.17) is 9.78 Å². The lowest BCUT2D eigenvalue weighted by molar-refractivity contribution is -0.114. The first kappa shape index (κ1) is 16.5. The SMILES string of the molecule is Cc1cc(N(CC(=O)Nc2ccccc2C#N)S(C)(=O)=O)no1. The molecule has 0 radical (unpaired) electrons. The van der Waals surface area contributed by atoms with Crippen LogP contribution >= 0.6 is 0 Å². The average Bonchev–Trinajstić information content (AvgIpc) is 2.90. The fourth-order valence-electron chi connectivity index (χ4n) is 1.85. The quantitative estimate of drug-likeness (QED) is 0.880. The molecule has 0 fully saturated rings. The number of para-hydroxylation sites is 1. The second kappa shape index (κ2) is 6.50. The number of nitrogens with one attached hydrogen (secondary N) is 1. The molecule has 1 N–H and O–H groups in total. The number of anilines is 2. The van der Waals surface area contributed by atoms with Crippen molar-refractivity contribution in [3.05, 3.63) is 41.7 Å². The summed E-state index contributed by atoms with van der Waals surface area (Å²) in [5.41, 5.74) is 0.592. The number of benzene rings is 1.